The van der Waals surface area contributed by atoms with Crippen molar-refractivity contribution in [3.05, 3.63) is 0 Å². The molecular weight excluding hydrogens is 224 g/mol. The van der Waals surface area contributed by atoms with Gasteiger partial charge in [-0.05, 0) is 34.6 Å². The minimum absolute atomic E-state index is 0.218. The molecule has 1 aliphatic rings. The highest BCUT2D eigenvalue weighted by atomic mass is 16.6. The van der Waals surface area contributed by atoms with Gasteiger partial charge >= 0.3 is 6.09 Å². The third kappa shape index (κ3) is 3.55. The third-order valence-corrected chi connectivity index (χ3v) is 2.45. The van der Waals surface area contributed by atoms with Crippen molar-refractivity contribution in [3.63, 3.8) is 0 Å². The monoisotopic (exact) mass is 246 g/mol. The summed E-state index contributed by atoms with van der Waals surface area (Å²) < 4.78 is 10.9. The van der Waals surface area contributed by atoms with Gasteiger partial charge < -0.3 is 14.3 Å². The molecular formula is C11H22N2O4. The zero-order chi connectivity index (χ0) is 13.3. The molecule has 17 heavy (non-hydrogen) atoms. The Morgan fingerprint density at radius 1 is 1.53 bits per heavy atom. The van der Waals surface area contributed by atoms with Gasteiger partial charge in [0, 0.05) is 0 Å². The summed E-state index contributed by atoms with van der Waals surface area (Å²) >= 11 is 0. The number of hydrogen-bond acceptors (Lipinski definition) is 5. The van der Waals surface area contributed by atoms with E-state index < -0.39 is 17.4 Å². The van der Waals surface area contributed by atoms with Crippen LogP contribution in [-0.2, 0) is 14.3 Å². The van der Waals surface area contributed by atoms with E-state index in [0.717, 1.165) is 0 Å². The molecule has 0 aromatic heterocycles. The summed E-state index contributed by atoms with van der Waals surface area (Å²) in [6.45, 7) is 9.71. The van der Waals surface area contributed by atoms with Crippen LogP contribution < -0.4 is 5.90 Å². The van der Waals surface area contributed by atoms with Crippen LogP contribution in [0.5, 0.6) is 0 Å². The van der Waals surface area contributed by atoms with E-state index in [1.54, 1.807) is 0 Å². The molecule has 0 aliphatic carbocycles. The fourth-order valence-electron chi connectivity index (χ4n) is 1.80. The first-order valence-electron chi connectivity index (χ1n) is 5.65. The molecule has 0 bridgehead atoms. The Bertz CT molecular complexity index is 286. The molecule has 1 amide bonds. The quantitative estimate of drug-likeness (QED) is 0.742. The Kier molecular flexibility index (Phi) is 4.01. The smallest absolute Gasteiger partial charge is 0.412 e. The van der Waals surface area contributed by atoms with Gasteiger partial charge in [-0.25, -0.2) is 10.7 Å². The van der Waals surface area contributed by atoms with E-state index in [0.29, 0.717) is 6.61 Å². The molecule has 1 fully saturated rings. The Hall–Kier alpha value is -0.850. The minimum atomic E-state index is -0.703. The maximum atomic E-state index is 12.1. The van der Waals surface area contributed by atoms with Gasteiger partial charge in [0.2, 0.25) is 0 Å². The van der Waals surface area contributed by atoms with Gasteiger partial charge in [-0.15, -0.1) is 0 Å². The summed E-state index contributed by atoms with van der Waals surface area (Å²) in [7, 11) is 0. The van der Waals surface area contributed by atoms with E-state index in [1.165, 1.54) is 4.90 Å². The number of amides is 1. The second-order valence-electron chi connectivity index (χ2n) is 5.60. The van der Waals surface area contributed by atoms with Crippen LogP contribution in [0, 0.1) is 0 Å². The number of carbonyl (C=O) groups excluding carboxylic acids is 1. The van der Waals surface area contributed by atoms with Gasteiger partial charge in [-0.2, -0.15) is 0 Å². The fraction of sp³-hybridized carbons (Fsp3) is 0.909. The van der Waals surface area contributed by atoms with Gasteiger partial charge in [0.25, 0.3) is 0 Å². The zero-order valence-electron chi connectivity index (χ0n) is 11.1. The molecule has 1 unspecified atom stereocenters. The lowest BCUT2D eigenvalue weighted by Crippen LogP contribution is -2.51. The average Bonchev–Trinajstić information content (AvgIpc) is 2.39. The predicted molar refractivity (Wildman–Crippen MR) is 62.0 cm³/mol. The van der Waals surface area contributed by atoms with Gasteiger partial charge in [0.1, 0.15) is 11.3 Å². The maximum absolute atomic E-state index is 12.1. The Labute approximate surface area is 102 Å². The van der Waals surface area contributed by atoms with Gasteiger partial charge in [-0.3, -0.25) is 4.90 Å². The summed E-state index contributed by atoms with van der Waals surface area (Å²) in [4.78, 5) is 18.2. The Balaban J connectivity index is 2.79. The van der Waals surface area contributed by atoms with Crippen molar-refractivity contribution in [2.24, 2.45) is 5.90 Å². The van der Waals surface area contributed by atoms with Crippen LogP contribution >= 0.6 is 0 Å². The van der Waals surface area contributed by atoms with Crippen LogP contribution in [-0.4, -0.2) is 41.6 Å². The summed E-state index contributed by atoms with van der Waals surface area (Å²) in [6, 6.07) is -0.218. The second kappa shape index (κ2) is 4.80. The third-order valence-electron chi connectivity index (χ3n) is 2.45. The van der Waals surface area contributed by atoms with Gasteiger partial charge in [0.05, 0.1) is 19.3 Å². The largest absolute Gasteiger partial charge is 0.444 e. The van der Waals surface area contributed by atoms with Crippen molar-refractivity contribution in [3.8, 4) is 0 Å². The number of ether oxygens (including phenoxy) is 2. The molecule has 0 aromatic carbocycles. The topological polar surface area (TPSA) is 74.0 Å². The van der Waals surface area contributed by atoms with E-state index >= 15 is 0 Å². The van der Waals surface area contributed by atoms with Crippen LogP contribution in [0.25, 0.3) is 0 Å². The number of carbonyl (C=O) groups is 1. The van der Waals surface area contributed by atoms with Crippen molar-refractivity contribution in [2.75, 3.05) is 13.2 Å². The maximum Gasteiger partial charge on any atom is 0.412 e. The first-order valence-corrected chi connectivity index (χ1v) is 5.65. The minimum Gasteiger partial charge on any atom is -0.444 e. The van der Waals surface area contributed by atoms with Crippen LogP contribution in [0.1, 0.15) is 34.6 Å². The molecule has 1 aliphatic heterocycles. The van der Waals surface area contributed by atoms with Crippen LogP contribution in [0.15, 0.2) is 0 Å². The number of rotatable bonds is 2. The molecule has 100 valence electrons. The molecule has 1 rings (SSSR count). The normalized spacial score (nSPS) is 23.9. The Morgan fingerprint density at radius 2 is 2.12 bits per heavy atom. The second-order valence-corrected chi connectivity index (χ2v) is 5.60. The van der Waals surface area contributed by atoms with Crippen LogP contribution in [0.2, 0.25) is 0 Å². The molecule has 1 heterocycles. The lowest BCUT2D eigenvalue weighted by atomic mass is 10.2. The zero-order valence-corrected chi connectivity index (χ0v) is 11.1. The summed E-state index contributed by atoms with van der Waals surface area (Å²) in [5.41, 5.74) is -1.24. The molecule has 1 atom stereocenters. The van der Waals surface area contributed by atoms with Crippen molar-refractivity contribution in [2.45, 2.75) is 52.0 Å². The molecule has 0 aromatic rings. The summed E-state index contributed by atoms with van der Waals surface area (Å²) in [5.74, 6) is 5.05. The van der Waals surface area contributed by atoms with Crippen LogP contribution in [0.3, 0.4) is 0 Å². The molecule has 2 N–H and O–H groups in total. The first-order chi connectivity index (χ1) is 7.67. The van der Waals surface area contributed by atoms with Crippen molar-refractivity contribution >= 4 is 6.09 Å². The van der Waals surface area contributed by atoms with E-state index in [-0.39, 0.29) is 12.6 Å². The number of nitrogens with zero attached hydrogens (tertiary/aromatic N) is 1. The molecule has 6 heteroatoms. The van der Waals surface area contributed by atoms with Crippen molar-refractivity contribution < 1.29 is 19.1 Å². The van der Waals surface area contributed by atoms with Gasteiger partial charge in [-0.1, -0.05) is 0 Å². The number of nitrogens with two attached hydrogens (primary N) is 1. The van der Waals surface area contributed by atoms with Crippen molar-refractivity contribution in [1.29, 1.82) is 0 Å². The Morgan fingerprint density at radius 3 is 2.59 bits per heavy atom. The molecule has 1 saturated heterocycles. The van der Waals surface area contributed by atoms with E-state index in [9.17, 15) is 4.79 Å². The van der Waals surface area contributed by atoms with Crippen LogP contribution in [0.4, 0.5) is 4.79 Å². The van der Waals surface area contributed by atoms with Crippen molar-refractivity contribution in [1.82, 2.24) is 4.90 Å². The highest BCUT2D eigenvalue weighted by Crippen LogP contribution is 2.29. The van der Waals surface area contributed by atoms with E-state index in [1.807, 2.05) is 34.6 Å². The fourth-order valence-corrected chi connectivity index (χ4v) is 1.80. The van der Waals surface area contributed by atoms with E-state index in [4.69, 9.17) is 15.4 Å². The highest BCUT2D eigenvalue weighted by molar-refractivity contribution is 5.69. The average molecular weight is 246 g/mol. The SMILES string of the molecule is CC(C)(C)OC(=O)N1C(CON)COC1(C)C. The van der Waals surface area contributed by atoms with E-state index in [2.05, 4.69) is 4.84 Å². The number of hydrogen-bond donors (Lipinski definition) is 1. The van der Waals surface area contributed by atoms with Gasteiger partial charge in [0.15, 0.2) is 0 Å². The standard InChI is InChI=1S/C11H22N2O4/c1-10(2,3)17-9(14)13-8(7-16-12)6-15-11(13,4)5/h8H,6-7,12H2,1-5H3. The lowest BCUT2D eigenvalue weighted by molar-refractivity contribution is -0.0655. The molecule has 0 spiro atoms. The molecule has 0 saturated carbocycles. The molecule has 0 radical (unpaired) electrons. The molecule has 6 nitrogen and oxygen atoms in total. The summed E-state index contributed by atoms with van der Waals surface area (Å²) in [6.07, 6.45) is -0.415. The summed E-state index contributed by atoms with van der Waals surface area (Å²) in [5, 5.41) is 0. The first kappa shape index (κ1) is 14.2. The highest BCUT2D eigenvalue weighted by Gasteiger charge is 2.45. The lowest BCUT2D eigenvalue weighted by Gasteiger charge is -2.34. The predicted octanol–water partition coefficient (Wildman–Crippen LogP) is 1.25.